The molecule has 4 heteroatoms. The van der Waals surface area contributed by atoms with Crippen LogP contribution in [0.25, 0.3) is 0 Å². The Bertz CT molecular complexity index is 338. The number of hydrogen-bond donors (Lipinski definition) is 1. The molecule has 1 atom stereocenters. The number of imidazole rings is 1. The van der Waals surface area contributed by atoms with Gasteiger partial charge >= 0.3 is 0 Å². The maximum Gasteiger partial charge on any atom is 0.111 e. The van der Waals surface area contributed by atoms with E-state index in [2.05, 4.69) is 14.9 Å². The molecule has 1 aromatic heterocycles. The van der Waals surface area contributed by atoms with E-state index in [9.17, 15) is 0 Å². The highest BCUT2D eigenvalue weighted by atomic mass is 16.5. The first-order valence-electron chi connectivity index (χ1n) is 6.29. The minimum absolute atomic E-state index is 0.192. The summed E-state index contributed by atoms with van der Waals surface area (Å²) in [6.07, 6.45) is 9.43. The Hall–Kier alpha value is -0.870. The summed E-state index contributed by atoms with van der Waals surface area (Å²) in [4.78, 5) is 4.30. The normalized spacial score (nSPS) is 27.4. The van der Waals surface area contributed by atoms with Gasteiger partial charge in [-0.3, -0.25) is 0 Å². The maximum atomic E-state index is 5.80. The van der Waals surface area contributed by atoms with Crippen molar-refractivity contribution in [1.82, 2.24) is 14.9 Å². The van der Waals surface area contributed by atoms with Crippen LogP contribution in [-0.2, 0) is 4.74 Å². The highest BCUT2D eigenvalue weighted by Crippen LogP contribution is 2.32. The highest BCUT2D eigenvalue weighted by molar-refractivity contribution is 5.07. The smallest absolute Gasteiger partial charge is 0.111 e. The molecule has 1 aliphatic heterocycles. The lowest BCUT2D eigenvalue weighted by Crippen LogP contribution is -2.34. The molecule has 2 aliphatic rings. The Morgan fingerprint density at radius 3 is 3.00 bits per heavy atom. The number of ether oxygens (including phenoxy) is 1. The van der Waals surface area contributed by atoms with Crippen LogP contribution >= 0.6 is 0 Å². The van der Waals surface area contributed by atoms with Crippen molar-refractivity contribution in [3.8, 4) is 0 Å². The molecule has 16 heavy (non-hydrogen) atoms. The fourth-order valence-corrected chi connectivity index (χ4v) is 2.81. The zero-order valence-electron chi connectivity index (χ0n) is 9.56. The van der Waals surface area contributed by atoms with Crippen LogP contribution in [0.4, 0.5) is 0 Å². The van der Waals surface area contributed by atoms with E-state index in [0.717, 1.165) is 19.7 Å². The molecular weight excluding hydrogens is 202 g/mol. The Balaban J connectivity index is 1.80. The third-order valence-electron chi connectivity index (χ3n) is 3.67. The lowest BCUT2D eigenvalue weighted by molar-refractivity contribution is 0.0220. The van der Waals surface area contributed by atoms with Crippen LogP contribution in [0.2, 0.25) is 0 Å². The lowest BCUT2D eigenvalue weighted by Gasteiger charge is -2.26. The van der Waals surface area contributed by atoms with E-state index in [1.165, 1.54) is 31.4 Å². The Kier molecular flexibility index (Phi) is 2.93. The van der Waals surface area contributed by atoms with Gasteiger partial charge in [0.25, 0.3) is 0 Å². The number of aromatic nitrogens is 2. The topological polar surface area (TPSA) is 39.1 Å². The Morgan fingerprint density at radius 2 is 2.25 bits per heavy atom. The standard InChI is InChI=1S/C12H19N3O/c1-2-4-10(3-1)15-9-14-7-11(15)12-8-13-5-6-16-12/h7,9-10,12-13H,1-6,8H2. The molecule has 3 rings (SSSR count). The number of morpholine rings is 1. The highest BCUT2D eigenvalue weighted by Gasteiger charge is 2.24. The first-order valence-corrected chi connectivity index (χ1v) is 6.29. The summed E-state index contributed by atoms with van der Waals surface area (Å²) < 4.78 is 8.14. The van der Waals surface area contributed by atoms with Gasteiger partial charge in [0.2, 0.25) is 0 Å². The van der Waals surface area contributed by atoms with E-state index < -0.39 is 0 Å². The van der Waals surface area contributed by atoms with Crippen molar-refractivity contribution >= 4 is 0 Å². The molecule has 1 aliphatic carbocycles. The number of nitrogens with one attached hydrogen (secondary N) is 1. The number of nitrogens with zero attached hydrogens (tertiary/aromatic N) is 2. The molecule has 1 unspecified atom stereocenters. The van der Waals surface area contributed by atoms with Crippen LogP contribution in [0.1, 0.15) is 43.5 Å². The average Bonchev–Trinajstić information content (AvgIpc) is 3.01. The number of hydrogen-bond acceptors (Lipinski definition) is 3. The van der Waals surface area contributed by atoms with E-state index in [1.807, 2.05) is 12.5 Å². The summed E-state index contributed by atoms with van der Waals surface area (Å²) in [5.41, 5.74) is 1.25. The first kappa shape index (κ1) is 10.3. The largest absolute Gasteiger partial charge is 0.369 e. The van der Waals surface area contributed by atoms with Gasteiger partial charge in [-0.1, -0.05) is 12.8 Å². The van der Waals surface area contributed by atoms with Crippen LogP contribution in [0.15, 0.2) is 12.5 Å². The molecule has 1 saturated carbocycles. The quantitative estimate of drug-likeness (QED) is 0.825. The molecule has 2 heterocycles. The molecule has 0 bridgehead atoms. The fraction of sp³-hybridized carbons (Fsp3) is 0.750. The fourth-order valence-electron chi connectivity index (χ4n) is 2.81. The molecule has 1 saturated heterocycles. The summed E-state index contributed by atoms with van der Waals surface area (Å²) in [5, 5.41) is 3.37. The molecular formula is C12H19N3O. The van der Waals surface area contributed by atoms with E-state index in [-0.39, 0.29) is 6.10 Å². The van der Waals surface area contributed by atoms with Gasteiger partial charge in [0.05, 0.1) is 24.8 Å². The molecule has 2 fully saturated rings. The van der Waals surface area contributed by atoms with Gasteiger partial charge in [-0.05, 0) is 12.8 Å². The number of rotatable bonds is 2. The summed E-state index contributed by atoms with van der Waals surface area (Å²) in [5.74, 6) is 0. The van der Waals surface area contributed by atoms with Crippen molar-refractivity contribution in [3.05, 3.63) is 18.2 Å². The predicted molar refractivity (Wildman–Crippen MR) is 61.3 cm³/mol. The van der Waals surface area contributed by atoms with Gasteiger partial charge in [0.15, 0.2) is 0 Å². The van der Waals surface area contributed by atoms with Crippen molar-refractivity contribution in [2.75, 3.05) is 19.7 Å². The Labute approximate surface area is 96.0 Å². The minimum atomic E-state index is 0.192. The van der Waals surface area contributed by atoms with E-state index >= 15 is 0 Å². The second-order valence-electron chi connectivity index (χ2n) is 4.73. The van der Waals surface area contributed by atoms with Crippen molar-refractivity contribution in [1.29, 1.82) is 0 Å². The molecule has 1 N–H and O–H groups in total. The second kappa shape index (κ2) is 4.55. The molecule has 4 nitrogen and oxygen atoms in total. The van der Waals surface area contributed by atoms with Gasteiger partial charge in [-0.25, -0.2) is 4.98 Å². The van der Waals surface area contributed by atoms with Gasteiger partial charge in [0.1, 0.15) is 6.10 Å². The summed E-state index contributed by atoms with van der Waals surface area (Å²) >= 11 is 0. The monoisotopic (exact) mass is 221 g/mol. The second-order valence-corrected chi connectivity index (χ2v) is 4.73. The summed E-state index contributed by atoms with van der Waals surface area (Å²) in [6.45, 7) is 2.69. The average molecular weight is 221 g/mol. The molecule has 0 radical (unpaired) electrons. The van der Waals surface area contributed by atoms with Crippen LogP contribution in [0.5, 0.6) is 0 Å². The summed E-state index contributed by atoms with van der Waals surface area (Å²) in [6, 6.07) is 0.656. The van der Waals surface area contributed by atoms with Crippen molar-refractivity contribution in [2.24, 2.45) is 0 Å². The third kappa shape index (κ3) is 1.87. The predicted octanol–water partition coefficient (Wildman–Crippen LogP) is 1.66. The van der Waals surface area contributed by atoms with Gasteiger partial charge in [0, 0.05) is 19.1 Å². The summed E-state index contributed by atoms with van der Waals surface area (Å²) in [7, 11) is 0. The molecule has 1 aromatic rings. The molecule has 88 valence electrons. The molecule has 0 spiro atoms. The maximum absolute atomic E-state index is 5.80. The first-order chi connectivity index (χ1) is 7.95. The Morgan fingerprint density at radius 1 is 1.38 bits per heavy atom. The zero-order chi connectivity index (χ0) is 10.8. The SMILES string of the molecule is c1ncn(C2CCCC2)c1C1CNCCO1. The lowest BCUT2D eigenvalue weighted by atomic mass is 10.2. The van der Waals surface area contributed by atoms with Gasteiger partial charge in [-0.2, -0.15) is 0 Å². The van der Waals surface area contributed by atoms with Crippen LogP contribution < -0.4 is 5.32 Å². The van der Waals surface area contributed by atoms with E-state index in [0.29, 0.717) is 6.04 Å². The van der Waals surface area contributed by atoms with Crippen LogP contribution in [0.3, 0.4) is 0 Å². The van der Waals surface area contributed by atoms with Crippen molar-refractivity contribution < 1.29 is 4.74 Å². The van der Waals surface area contributed by atoms with Crippen LogP contribution in [0, 0.1) is 0 Å². The van der Waals surface area contributed by atoms with Gasteiger partial charge in [-0.15, -0.1) is 0 Å². The van der Waals surface area contributed by atoms with E-state index in [1.54, 1.807) is 0 Å². The third-order valence-corrected chi connectivity index (χ3v) is 3.67. The van der Waals surface area contributed by atoms with Crippen molar-refractivity contribution in [3.63, 3.8) is 0 Å². The van der Waals surface area contributed by atoms with Crippen molar-refractivity contribution in [2.45, 2.75) is 37.8 Å². The van der Waals surface area contributed by atoms with Crippen LogP contribution in [-0.4, -0.2) is 29.2 Å². The molecule has 0 aromatic carbocycles. The van der Waals surface area contributed by atoms with E-state index in [4.69, 9.17) is 4.74 Å². The van der Waals surface area contributed by atoms with Gasteiger partial charge < -0.3 is 14.6 Å². The molecule has 0 amide bonds. The minimum Gasteiger partial charge on any atom is -0.369 e. The zero-order valence-corrected chi connectivity index (χ0v) is 9.56.